The number of rotatable bonds is 3. The van der Waals surface area contributed by atoms with Gasteiger partial charge in [0.2, 0.25) is 5.91 Å². The Morgan fingerprint density at radius 3 is 2.82 bits per heavy atom. The van der Waals surface area contributed by atoms with E-state index in [1.165, 1.54) is 31.5 Å². The van der Waals surface area contributed by atoms with Gasteiger partial charge in [-0.1, -0.05) is 6.07 Å². The van der Waals surface area contributed by atoms with Crippen LogP contribution >= 0.6 is 11.6 Å². The summed E-state index contributed by atoms with van der Waals surface area (Å²) in [6.07, 6.45) is 2.59. The van der Waals surface area contributed by atoms with Crippen molar-refractivity contribution in [3.05, 3.63) is 29.3 Å². The smallest absolute Gasteiger partial charge is 0.240 e. The molecular weight excluding hydrogens is 300 g/mol. The van der Waals surface area contributed by atoms with E-state index in [0.29, 0.717) is 19.7 Å². The van der Waals surface area contributed by atoms with Crippen molar-refractivity contribution in [1.29, 1.82) is 0 Å². The van der Waals surface area contributed by atoms with Crippen molar-refractivity contribution >= 4 is 17.5 Å². The first-order valence-electron chi connectivity index (χ1n) is 8.03. The molecule has 1 amide bonds. The van der Waals surface area contributed by atoms with E-state index >= 15 is 0 Å². The van der Waals surface area contributed by atoms with Crippen LogP contribution in [0.1, 0.15) is 30.9 Å². The van der Waals surface area contributed by atoms with Gasteiger partial charge < -0.3 is 9.64 Å². The maximum Gasteiger partial charge on any atom is 0.240 e. The summed E-state index contributed by atoms with van der Waals surface area (Å²) in [4.78, 5) is 16.4. The van der Waals surface area contributed by atoms with Crippen LogP contribution in [0.15, 0.2) is 18.2 Å². The van der Waals surface area contributed by atoms with Crippen LogP contribution in [0.5, 0.6) is 5.75 Å². The van der Waals surface area contributed by atoms with Gasteiger partial charge in [-0.05, 0) is 50.6 Å². The molecule has 1 aromatic carbocycles. The van der Waals surface area contributed by atoms with Gasteiger partial charge in [-0.2, -0.15) is 0 Å². The van der Waals surface area contributed by atoms with E-state index in [0.717, 1.165) is 17.9 Å². The zero-order chi connectivity index (χ0) is 15.5. The van der Waals surface area contributed by atoms with Gasteiger partial charge in [0.15, 0.2) is 0 Å². The summed E-state index contributed by atoms with van der Waals surface area (Å²) in [5.74, 6) is 0.866. The highest BCUT2D eigenvalue weighted by atomic mass is 35.5. The summed E-state index contributed by atoms with van der Waals surface area (Å²) in [6, 6.07) is 6.36. The molecule has 2 heterocycles. The maximum atomic E-state index is 12.2. The van der Waals surface area contributed by atoms with Gasteiger partial charge in [-0.25, -0.2) is 0 Å². The molecule has 4 nitrogen and oxygen atoms in total. The van der Waals surface area contributed by atoms with Crippen LogP contribution in [-0.2, 0) is 17.9 Å². The van der Waals surface area contributed by atoms with Crippen LogP contribution in [0, 0.1) is 0 Å². The largest absolute Gasteiger partial charge is 0.491 e. The third-order valence-electron chi connectivity index (χ3n) is 4.36. The van der Waals surface area contributed by atoms with E-state index in [-0.39, 0.29) is 5.91 Å². The average Bonchev–Trinajstić information content (AvgIpc) is 2.91. The van der Waals surface area contributed by atoms with Gasteiger partial charge in [0.05, 0.1) is 6.54 Å². The fourth-order valence-electron chi connectivity index (χ4n) is 3.18. The van der Waals surface area contributed by atoms with Gasteiger partial charge in [-0.15, -0.1) is 11.6 Å². The van der Waals surface area contributed by atoms with E-state index in [1.54, 1.807) is 11.8 Å². The Bertz CT molecular complexity index is 541. The molecule has 0 radical (unpaired) electrons. The van der Waals surface area contributed by atoms with Crippen LogP contribution in [0.4, 0.5) is 0 Å². The predicted octanol–water partition coefficient (Wildman–Crippen LogP) is 2.63. The fourth-order valence-corrected chi connectivity index (χ4v) is 3.32. The number of nitrogens with zero attached hydrogens (tertiary/aromatic N) is 2. The standard InChI is InChI=1S/C17H23ClN2O2/c1-13(18)17(21)20-8-9-22-16-5-4-14(10-15(16)12-20)11-19-6-2-3-7-19/h4-5,10,13H,2-3,6-9,11-12H2,1H3. The van der Waals surface area contributed by atoms with Crippen molar-refractivity contribution in [2.45, 2.75) is 38.2 Å². The van der Waals surface area contributed by atoms with Crippen molar-refractivity contribution in [3.63, 3.8) is 0 Å². The number of hydrogen-bond acceptors (Lipinski definition) is 3. The predicted molar refractivity (Wildman–Crippen MR) is 87.2 cm³/mol. The molecule has 3 rings (SSSR count). The molecule has 120 valence electrons. The number of fused-ring (bicyclic) bond motifs is 1. The number of ether oxygens (including phenoxy) is 1. The number of halogens is 1. The summed E-state index contributed by atoms with van der Waals surface area (Å²) < 4.78 is 5.78. The van der Waals surface area contributed by atoms with Crippen molar-refractivity contribution in [2.24, 2.45) is 0 Å². The lowest BCUT2D eigenvalue weighted by atomic mass is 10.1. The molecule has 0 N–H and O–H groups in total. The van der Waals surface area contributed by atoms with Crippen LogP contribution in [0.3, 0.4) is 0 Å². The third-order valence-corrected chi connectivity index (χ3v) is 4.55. The third kappa shape index (κ3) is 3.55. The average molecular weight is 323 g/mol. The molecule has 0 spiro atoms. The first-order valence-corrected chi connectivity index (χ1v) is 8.47. The number of benzene rings is 1. The summed E-state index contributed by atoms with van der Waals surface area (Å²) in [7, 11) is 0. The quantitative estimate of drug-likeness (QED) is 0.802. The Morgan fingerprint density at radius 1 is 1.32 bits per heavy atom. The van der Waals surface area contributed by atoms with E-state index in [9.17, 15) is 4.79 Å². The van der Waals surface area contributed by atoms with Crippen LogP contribution in [-0.4, -0.2) is 47.3 Å². The SMILES string of the molecule is CC(Cl)C(=O)N1CCOc2ccc(CN3CCCC3)cc2C1. The number of hydrogen-bond donors (Lipinski definition) is 0. The van der Waals surface area contributed by atoms with Gasteiger partial charge in [0.1, 0.15) is 17.7 Å². The molecule has 1 unspecified atom stereocenters. The van der Waals surface area contributed by atoms with Crippen LogP contribution in [0.2, 0.25) is 0 Å². The molecule has 22 heavy (non-hydrogen) atoms. The molecule has 1 saturated heterocycles. The summed E-state index contributed by atoms with van der Waals surface area (Å²) in [5.41, 5.74) is 2.37. The number of carbonyl (C=O) groups excluding carboxylic acids is 1. The molecule has 0 bridgehead atoms. The Kier molecular flexibility index (Phi) is 4.89. The molecule has 2 aliphatic heterocycles. The second-order valence-corrected chi connectivity index (χ2v) is 6.80. The molecule has 1 aromatic rings. The number of carbonyl (C=O) groups is 1. The molecule has 0 aliphatic carbocycles. The molecule has 2 aliphatic rings. The van der Waals surface area contributed by atoms with Crippen molar-refractivity contribution in [3.8, 4) is 5.75 Å². The Labute approximate surface area is 137 Å². The lowest BCUT2D eigenvalue weighted by Crippen LogP contribution is -2.36. The Morgan fingerprint density at radius 2 is 2.09 bits per heavy atom. The molecule has 0 aromatic heterocycles. The van der Waals surface area contributed by atoms with Crippen molar-refractivity contribution < 1.29 is 9.53 Å². The molecular formula is C17H23ClN2O2. The first-order chi connectivity index (χ1) is 10.6. The number of likely N-dealkylation sites (tertiary alicyclic amines) is 1. The van der Waals surface area contributed by atoms with Gasteiger partial charge in [0.25, 0.3) is 0 Å². The highest BCUT2D eigenvalue weighted by Gasteiger charge is 2.23. The minimum Gasteiger partial charge on any atom is -0.491 e. The van der Waals surface area contributed by atoms with Gasteiger partial charge in [-0.3, -0.25) is 9.69 Å². The molecule has 0 saturated carbocycles. The van der Waals surface area contributed by atoms with E-state index in [4.69, 9.17) is 16.3 Å². The van der Waals surface area contributed by atoms with Crippen LogP contribution in [0.25, 0.3) is 0 Å². The monoisotopic (exact) mass is 322 g/mol. The first kappa shape index (κ1) is 15.6. The van der Waals surface area contributed by atoms with Crippen LogP contribution < -0.4 is 4.74 Å². The minimum absolute atomic E-state index is 0.0249. The minimum atomic E-state index is -0.491. The fraction of sp³-hybridized carbons (Fsp3) is 0.588. The molecule has 5 heteroatoms. The molecule has 1 fully saturated rings. The van der Waals surface area contributed by atoms with E-state index in [1.807, 2.05) is 6.07 Å². The second-order valence-electron chi connectivity index (χ2n) is 6.15. The lowest BCUT2D eigenvalue weighted by molar-refractivity contribution is -0.131. The van der Waals surface area contributed by atoms with E-state index in [2.05, 4.69) is 17.0 Å². The Balaban J connectivity index is 1.76. The zero-order valence-corrected chi connectivity index (χ0v) is 13.8. The second kappa shape index (κ2) is 6.88. The highest BCUT2D eigenvalue weighted by Crippen LogP contribution is 2.26. The lowest BCUT2D eigenvalue weighted by Gasteiger charge is -2.21. The topological polar surface area (TPSA) is 32.8 Å². The maximum absolute atomic E-state index is 12.2. The normalized spacial score (nSPS) is 20.2. The summed E-state index contributed by atoms with van der Waals surface area (Å²) in [6.45, 7) is 6.76. The summed E-state index contributed by atoms with van der Waals surface area (Å²) >= 11 is 5.95. The van der Waals surface area contributed by atoms with Crippen molar-refractivity contribution in [2.75, 3.05) is 26.2 Å². The van der Waals surface area contributed by atoms with Crippen molar-refractivity contribution in [1.82, 2.24) is 9.80 Å². The van der Waals surface area contributed by atoms with Gasteiger partial charge in [0, 0.05) is 18.7 Å². The Hall–Kier alpha value is -1.26. The highest BCUT2D eigenvalue weighted by molar-refractivity contribution is 6.30. The number of amides is 1. The molecule has 1 atom stereocenters. The summed E-state index contributed by atoms with van der Waals surface area (Å²) in [5, 5.41) is -0.491. The zero-order valence-electron chi connectivity index (χ0n) is 13.1. The van der Waals surface area contributed by atoms with Gasteiger partial charge >= 0.3 is 0 Å². The van der Waals surface area contributed by atoms with E-state index < -0.39 is 5.38 Å². The number of alkyl halides is 1.